The molecule has 1 aliphatic heterocycles. The zero-order valence-corrected chi connectivity index (χ0v) is 21.2. The Kier molecular flexibility index (Phi) is 7.05. The van der Waals surface area contributed by atoms with E-state index in [1.165, 1.54) is 18.1 Å². The summed E-state index contributed by atoms with van der Waals surface area (Å²) in [4.78, 5) is 16.0. The zero-order chi connectivity index (χ0) is 24.5. The number of nitrogens with one attached hydrogen (secondary N) is 1. The lowest BCUT2D eigenvalue weighted by Gasteiger charge is -2.18. The zero-order valence-electron chi connectivity index (χ0n) is 19.6. The van der Waals surface area contributed by atoms with E-state index in [1.54, 1.807) is 0 Å². The van der Waals surface area contributed by atoms with Crippen molar-refractivity contribution in [3.05, 3.63) is 18.5 Å². The summed E-state index contributed by atoms with van der Waals surface area (Å²) < 4.78 is 40.4. The summed E-state index contributed by atoms with van der Waals surface area (Å²) in [6.45, 7) is 4.93. The van der Waals surface area contributed by atoms with Gasteiger partial charge in [0.2, 0.25) is 16.8 Å². The second-order valence-corrected chi connectivity index (χ2v) is 11.5. The Bertz CT molecular complexity index is 1290. The second kappa shape index (κ2) is 9.84. The molecule has 0 spiro atoms. The monoisotopic (exact) mass is 507 g/mol. The van der Waals surface area contributed by atoms with Gasteiger partial charge in [0.05, 0.1) is 11.4 Å². The minimum atomic E-state index is -3.37. The van der Waals surface area contributed by atoms with E-state index in [0.29, 0.717) is 47.3 Å². The number of nitrogens with two attached hydrogens (primary N) is 1. The van der Waals surface area contributed by atoms with Gasteiger partial charge in [0.1, 0.15) is 6.33 Å². The molecule has 0 fully saturated rings. The number of aryl methyl sites for hydroxylation is 1. The molecule has 11 nitrogen and oxygen atoms in total. The number of aromatic nitrogens is 4. The van der Waals surface area contributed by atoms with Gasteiger partial charge in [0.15, 0.2) is 33.6 Å². The Hall–Kier alpha value is -2.77. The fraction of sp³-hybridized carbons (Fsp3) is 0.476. The predicted molar refractivity (Wildman–Crippen MR) is 132 cm³/mol. The first-order valence-electron chi connectivity index (χ1n) is 10.9. The van der Waals surface area contributed by atoms with E-state index < -0.39 is 10.0 Å². The van der Waals surface area contributed by atoms with Gasteiger partial charge < -0.3 is 24.7 Å². The van der Waals surface area contributed by atoms with Crippen molar-refractivity contribution in [3.63, 3.8) is 0 Å². The third-order valence-electron chi connectivity index (χ3n) is 5.17. The van der Waals surface area contributed by atoms with Crippen LogP contribution in [0.3, 0.4) is 0 Å². The third kappa shape index (κ3) is 5.31. The van der Waals surface area contributed by atoms with Gasteiger partial charge in [-0.15, -0.1) is 0 Å². The summed E-state index contributed by atoms with van der Waals surface area (Å²) in [6.07, 6.45) is 1.77. The number of nitrogens with zero attached hydrogens (tertiary/aromatic N) is 5. The lowest BCUT2D eigenvalue weighted by molar-refractivity contribution is 0.174. The van der Waals surface area contributed by atoms with E-state index in [4.69, 9.17) is 20.2 Å². The fourth-order valence-corrected chi connectivity index (χ4v) is 5.81. The van der Waals surface area contributed by atoms with Gasteiger partial charge in [-0.05, 0) is 24.1 Å². The van der Waals surface area contributed by atoms with Crippen LogP contribution in [0.25, 0.3) is 11.2 Å². The molecule has 184 valence electrons. The van der Waals surface area contributed by atoms with Crippen molar-refractivity contribution < 1.29 is 17.9 Å². The van der Waals surface area contributed by atoms with Crippen LogP contribution in [0.15, 0.2) is 28.5 Å². The Morgan fingerprint density at radius 2 is 1.97 bits per heavy atom. The molecular formula is C21H29N7O4S2. The molecule has 0 radical (unpaired) electrons. The number of ether oxygens (including phenoxy) is 2. The summed E-state index contributed by atoms with van der Waals surface area (Å²) in [5, 5.41) is 0.636. The molecule has 34 heavy (non-hydrogen) atoms. The summed E-state index contributed by atoms with van der Waals surface area (Å²) in [5.41, 5.74) is 8.05. The molecule has 3 aromatic rings. The number of benzene rings is 1. The van der Waals surface area contributed by atoms with Crippen LogP contribution in [-0.2, 0) is 16.6 Å². The smallest absolute Gasteiger partial charge is 0.231 e. The van der Waals surface area contributed by atoms with Crippen molar-refractivity contribution in [2.75, 3.05) is 43.8 Å². The minimum Gasteiger partial charge on any atom is -0.454 e. The number of hydrogen-bond acceptors (Lipinski definition) is 10. The van der Waals surface area contributed by atoms with E-state index in [-0.39, 0.29) is 24.3 Å². The highest BCUT2D eigenvalue weighted by Crippen LogP contribution is 2.44. The first kappa shape index (κ1) is 24.4. The molecule has 3 heterocycles. The second-order valence-electron chi connectivity index (χ2n) is 8.56. The Morgan fingerprint density at radius 1 is 1.24 bits per heavy atom. The topological polar surface area (TPSA) is 137 Å². The lowest BCUT2D eigenvalue weighted by atomic mass is 10.2. The molecule has 0 aliphatic carbocycles. The van der Waals surface area contributed by atoms with Crippen LogP contribution in [-0.4, -0.2) is 61.1 Å². The molecule has 3 N–H and O–H groups in total. The number of rotatable bonds is 10. The van der Waals surface area contributed by atoms with Crippen molar-refractivity contribution >= 4 is 44.5 Å². The molecule has 1 aromatic carbocycles. The van der Waals surface area contributed by atoms with Crippen molar-refractivity contribution in [1.29, 1.82) is 0 Å². The van der Waals surface area contributed by atoms with E-state index in [2.05, 4.69) is 14.7 Å². The van der Waals surface area contributed by atoms with Gasteiger partial charge >= 0.3 is 0 Å². The normalized spacial score (nSPS) is 13.2. The Balaban J connectivity index is 1.64. The number of hydrogen-bond donors (Lipinski definition) is 2. The van der Waals surface area contributed by atoms with Crippen LogP contribution in [0, 0.1) is 5.92 Å². The van der Waals surface area contributed by atoms with Crippen LogP contribution in [0.2, 0.25) is 0 Å². The van der Waals surface area contributed by atoms with E-state index in [9.17, 15) is 8.42 Å². The van der Waals surface area contributed by atoms with Crippen molar-refractivity contribution in [2.45, 2.75) is 36.9 Å². The number of imidazole rings is 1. The van der Waals surface area contributed by atoms with Crippen LogP contribution in [0.5, 0.6) is 11.5 Å². The number of fused-ring (bicyclic) bond motifs is 2. The standard InChI is InChI=1S/C21H29N7O4S2/c1-13(2)10-25-34(29,30)7-5-6-28-20-18(19(22)23-11-24-20)26-21(28)33-17-9-16-15(31-12-32-16)8-14(17)27(3)4/h8-9,11,13,25H,5-7,10,12H2,1-4H3,(H2,22,23,24). The number of anilines is 2. The molecule has 4 rings (SSSR count). The van der Waals surface area contributed by atoms with E-state index >= 15 is 0 Å². The van der Waals surface area contributed by atoms with Crippen LogP contribution in [0.1, 0.15) is 20.3 Å². The average Bonchev–Trinajstić information content (AvgIpc) is 3.37. The van der Waals surface area contributed by atoms with Gasteiger partial charge in [-0.2, -0.15) is 0 Å². The largest absolute Gasteiger partial charge is 0.454 e. The quantitative estimate of drug-likeness (QED) is 0.420. The number of nitrogen functional groups attached to an aromatic ring is 1. The highest BCUT2D eigenvalue weighted by atomic mass is 32.2. The minimum absolute atomic E-state index is 0.00294. The maximum absolute atomic E-state index is 12.4. The van der Waals surface area contributed by atoms with Crippen LogP contribution < -0.4 is 24.8 Å². The molecule has 0 saturated carbocycles. The third-order valence-corrected chi connectivity index (χ3v) is 7.64. The molecule has 0 unspecified atom stereocenters. The summed E-state index contributed by atoms with van der Waals surface area (Å²) in [5.74, 6) is 1.86. The van der Waals surface area contributed by atoms with Gasteiger partial charge in [-0.25, -0.2) is 28.1 Å². The summed E-state index contributed by atoms with van der Waals surface area (Å²) in [7, 11) is 0.522. The van der Waals surface area contributed by atoms with Gasteiger partial charge in [-0.3, -0.25) is 0 Å². The first-order chi connectivity index (χ1) is 16.1. The van der Waals surface area contributed by atoms with Crippen molar-refractivity contribution in [1.82, 2.24) is 24.2 Å². The first-order valence-corrected chi connectivity index (χ1v) is 13.3. The maximum atomic E-state index is 12.4. The Labute approximate surface area is 203 Å². The lowest BCUT2D eigenvalue weighted by Crippen LogP contribution is -2.30. The summed E-state index contributed by atoms with van der Waals surface area (Å²) in [6, 6.07) is 3.85. The molecule has 2 aromatic heterocycles. The fourth-order valence-electron chi connectivity index (χ4n) is 3.43. The van der Waals surface area contributed by atoms with Gasteiger partial charge in [-0.1, -0.05) is 13.8 Å². The van der Waals surface area contributed by atoms with Crippen molar-refractivity contribution in [2.24, 2.45) is 5.92 Å². The SMILES string of the molecule is CC(C)CNS(=O)(=O)CCCn1c(Sc2cc3c(cc2N(C)C)OCO3)nc2c(N)ncnc21. The highest BCUT2D eigenvalue weighted by molar-refractivity contribution is 7.99. The molecule has 1 aliphatic rings. The van der Waals surface area contributed by atoms with E-state index in [0.717, 1.165) is 10.6 Å². The van der Waals surface area contributed by atoms with Crippen LogP contribution in [0.4, 0.5) is 11.5 Å². The van der Waals surface area contributed by atoms with Crippen molar-refractivity contribution in [3.8, 4) is 11.5 Å². The molecule has 13 heteroatoms. The predicted octanol–water partition coefficient (Wildman–Crippen LogP) is 2.32. The molecule has 0 saturated heterocycles. The van der Waals surface area contributed by atoms with Crippen LogP contribution >= 0.6 is 11.8 Å². The average molecular weight is 508 g/mol. The summed E-state index contributed by atoms with van der Waals surface area (Å²) >= 11 is 1.43. The molecular weight excluding hydrogens is 478 g/mol. The highest BCUT2D eigenvalue weighted by Gasteiger charge is 2.22. The number of sulfonamides is 1. The van der Waals surface area contributed by atoms with Gasteiger partial charge in [0, 0.05) is 44.2 Å². The van der Waals surface area contributed by atoms with E-state index in [1.807, 2.05) is 49.5 Å². The Morgan fingerprint density at radius 3 is 2.68 bits per heavy atom. The molecule has 0 amide bonds. The molecule has 0 bridgehead atoms. The van der Waals surface area contributed by atoms with Gasteiger partial charge in [0.25, 0.3) is 0 Å². The molecule has 0 atom stereocenters. The maximum Gasteiger partial charge on any atom is 0.231 e.